The van der Waals surface area contributed by atoms with Crippen LogP contribution < -0.4 is 10.6 Å². The molecule has 1 unspecified atom stereocenters. The van der Waals surface area contributed by atoms with E-state index in [2.05, 4.69) is 10.6 Å². The van der Waals surface area contributed by atoms with Gasteiger partial charge in [0, 0.05) is 0 Å². The Bertz CT molecular complexity index is 229. The number of nitrogens with one attached hydrogen (secondary N) is 2. The van der Waals surface area contributed by atoms with Crippen molar-refractivity contribution in [3.63, 3.8) is 0 Å². The van der Waals surface area contributed by atoms with Crippen molar-refractivity contribution in [2.75, 3.05) is 26.2 Å². The summed E-state index contributed by atoms with van der Waals surface area (Å²) in [6.45, 7) is 5.09. The molecule has 2 heteroatoms. The fourth-order valence-electron chi connectivity index (χ4n) is 3.46. The molecule has 2 aliphatic carbocycles. The van der Waals surface area contributed by atoms with Crippen LogP contribution in [-0.2, 0) is 0 Å². The van der Waals surface area contributed by atoms with Gasteiger partial charge in [-0.2, -0.15) is 0 Å². The van der Waals surface area contributed by atoms with Gasteiger partial charge in [0.1, 0.15) is 0 Å². The van der Waals surface area contributed by atoms with Gasteiger partial charge in [0.15, 0.2) is 0 Å². The molecule has 92 valence electrons. The molecule has 3 aliphatic rings. The molecular weight excluding hydrogens is 196 g/mol. The highest BCUT2D eigenvalue weighted by Crippen LogP contribution is 2.58. The van der Waals surface area contributed by atoms with Crippen LogP contribution in [0.1, 0.15) is 44.9 Å². The zero-order valence-corrected chi connectivity index (χ0v) is 10.4. The lowest BCUT2D eigenvalue weighted by Gasteiger charge is -2.23. The SMILES string of the molecule is C(CNCC1CC12CCNCC2)CC1CC1. The van der Waals surface area contributed by atoms with Gasteiger partial charge in [0.25, 0.3) is 0 Å². The Morgan fingerprint density at radius 1 is 1.19 bits per heavy atom. The summed E-state index contributed by atoms with van der Waals surface area (Å²) in [7, 11) is 0. The van der Waals surface area contributed by atoms with E-state index in [1.807, 2.05) is 0 Å². The molecule has 2 nitrogen and oxygen atoms in total. The van der Waals surface area contributed by atoms with Crippen LogP contribution in [0.2, 0.25) is 0 Å². The molecule has 1 atom stereocenters. The van der Waals surface area contributed by atoms with Crippen LogP contribution >= 0.6 is 0 Å². The molecule has 1 heterocycles. The third-order valence-corrected chi connectivity index (χ3v) is 5.01. The first-order valence-electron chi connectivity index (χ1n) is 7.30. The van der Waals surface area contributed by atoms with Gasteiger partial charge in [-0.05, 0) is 75.5 Å². The number of hydrogen-bond donors (Lipinski definition) is 2. The molecule has 1 spiro atoms. The molecule has 3 rings (SSSR count). The second-order valence-corrected chi connectivity index (χ2v) is 6.30. The summed E-state index contributed by atoms with van der Waals surface area (Å²) < 4.78 is 0. The van der Waals surface area contributed by atoms with Crippen LogP contribution in [0, 0.1) is 17.3 Å². The summed E-state index contributed by atoms with van der Waals surface area (Å²) in [5.41, 5.74) is 0.773. The Labute approximate surface area is 99.6 Å². The van der Waals surface area contributed by atoms with E-state index >= 15 is 0 Å². The zero-order chi connectivity index (χ0) is 10.8. The molecule has 0 radical (unpaired) electrons. The zero-order valence-electron chi connectivity index (χ0n) is 10.4. The first-order chi connectivity index (χ1) is 7.89. The molecule has 0 aromatic carbocycles. The summed E-state index contributed by atoms with van der Waals surface area (Å²) >= 11 is 0. The van der Waals surface area contributed by atoms with Crippen molar-refractivity contribution < 1.29 is 0 Å². The van der Waals surface area contributed by atoms with E-state index < -0.39 is 0 Å². The first-order valence-corrected chi connectivity index (χ1v) is 7.30. The summed E-state index contributed by atoms with van der Waals surface area (Å²) in [5, 5.41) is 7.16. The average molecular weight is 222 g/mol. The van der Waals surface area contributed by atoms with Crippen LogP contribution in [0.15, 0.2) is 0 Å². The Balaban J connectivity index is 1.25. The van der Waals surface area contributed by atoms with Crippen LogP contribution in [0.3, 0.4) is 0 Å². The van der Waals surface area contributed by atoms with Crippen molar-refractivity contribution in [1.29, 1.82) is 0 Å². The second kappa shape index (κ2) is 4.66. The molecule has 0 aromatic heterocycles. The molecular formula is C14H26N2. The molecule has 0 bridgehead atoms. The second-order valence-electron chi connectivity index (χ2n) is 6.30. The van der Waals surface area contributed by atoms with Crippen LogP contribution in [0.5, 0.6) is 0 Å². The molecule has 0 amide bonds. The monoisotopic (exact) mass is 222 g/mol. The molecule has 1 saturated heterocycles. The van der Waals surface area contributed by atoms with E-state index in [-0.39, 0.29) is 0 Å². The van der Waals surface area contributed by atoms with E-state index in [9.17, 15) is 0 Å². The maximum Gasteiger partial charge on any atom is -0.00150 e. The minimum Gasteiger partial charge on any atom is -0.317 e. The van der Waals surface area contributed by atoms with Gasteiger partial charge in [-0.1, -0.05) is 12.8 Å². The van der Waals surface area contributed by atoms with Crippen LogP contribution in [0.4, 0.5) is 0 Å². The van der Waals surface area contributed by atoms with E-state index in [1.54, 1.807) is 0 Å². The number of piperidine rings is 1. The minimum absolute atomic E-state index is 0.773. The number of hydrogen-bond acceptors (Lipinski definition) is 2. The highest BCUT2D eigenvalue weighted by atomic mass is 14.9. The van der Waals surface area contributed by atoms with Crippen molar-refractivity contribution in [1.82, 2.24) is 10.6 Å². The van der Waals surface area contributed by atoms with E-state index in [4.69, 9.17) is 0 Å². The molecule has 2 N–H and O–H groups in total. The molecule has 1 aliphatic heterocycles. The third kappa shape index (κ3) is 2.60. The van der Waals surface area contributed by atoms with Crippen molar-refractivity contribution in [2.24, 2.45) is 17.3 Å². The van der Waals surface area contributed by atoms with E-state index in [0.29, 0.717) is 0 Å². The van der Waals surface area contributed by atoms with Gasteiger partial charge >= 0.3 is 0 Å². The predicted octanol–water partition coefficient (Wildman–Crippen LogP) is 2.16. The van der Waals surface area contributed by atoms with E-state index in [0.717, 1.165) is 17.3 Å². The Kier molecular flexibility index (Phi) is 3.21. The van der Waals surface area contributed by atoms with Gasteiger partial charge in [0.05, 0.1) is 0 Å². The largest absolute Gasteiger partial charge is 0.317 e. The maximum absolute atomic E-state index is 3.68. The molecule has 2 saturated carbocycles. The summed E-state index contributed by atoms with van der Waals surface area (Å²) in [6, 6.07) is 0. The van der Waals surface area contributed by atoms with Crippen molar-refractivity contribution in [2.45, 2.75) is 44.9 Å². The molecule has 0 aromatic rings. The summed E-state index contributed by atoms with van der Waals surface area (Å²) in [6.07, 6.45) is 10.3. The molecule has 16 heavy (non-hydrogen) atoms. The highest BCUT2D eigenvalue weighted by Gasteiger charge is 2.52. The smallest absolute Gasteiger partial charge is 0.00150 e. The third-order valence-electron chi connectivity index (χ3n) is 5.01. The Hall–Kier alpha value is -0.0800. The fourth-order valence-corrected chi connectivity index (χ4v) is 3.46. The van der Waals surface area contributed by atoms with Crippen molar-refractivity contribution >= 4 is 0 Å². The quantitative estimate of drug-likeness (QED) is 0.673. The minimum atomic E-state index is 0.773. The standard InChI is InChI=1S/C14H26N2/c1(2-12-3-4-12)7-16-11-13-10-14(13)5-8-15-9-6-14/h12-13,15-16H,1-11H2. The van der Waals surface area contributed by atoms with Gasteiger partial charge < -0.3 is 10.6 Å². The highest BCUT2D eigenvalue weighted by molar-refractivity contribution is 5.04. The lowest BCUT2D eigenvalue weighted by atomic mass is 9.92. The van der Waals surface area contributed by atoms with Crippen LogP contribution in [0.25, 0.3) is 0 Å². The normalized spacial score (nSPS) is 31.9. The van der Waals surface area contributed by atoms with Crippen molar-refractivity contribution in [3.8, 4) is 0 Å². The Morgan fingerprint density at radius 2 is 2.00 bits per heavy atom. The summed E-state index contributed by atoms with van der Waals surface area (Å²) in [5.74, 6) is 2.12. The summed E-state index contributed by atoms with van der Waals surface area (Å²) in [4.78, 5) is 0. The average Bonchev–Trinajstić information content (AvgIpc) is 3.20. The van der Waals surface area contributed by atoms with Gasteiger partial charge in [-0.25, -0.2) is 0 Å². The van der Waals surface area contributed by atoms with Gasteiger partial charge in [-0.3, -0.25) is 0 Å². The predicted molar refractivity (Wildman–Crippen MR) is 67.5 cm³/mol. The number of rotatable bonds is 6. The first kappa shape index (κ1) is 11.0. The Morgan fingerprint density at radius 3 is 2.75 bits per heavy atom. The lowest BCUT2D eigenvalue weighted by molar-refractivity contribution is 0.318. The van der Waals surface area contributed by atoms with Crippen molar-refractivity contribution in [3.05, 3.63) is 0 Å². The van der Waals surface area contributed by atoms with Crippen LogP contribution in [-0.4, -0.2) is 26.2 Å². The molecule has 3 fully saturated rings. The fraction of sp³-hybridized carbons (Fsp3) is 1.00. The maximum atomic E-state index is 3.68. The van der Waals surface area contributed by atoms with Gasteiger partial charge in [0.2, 0.25) is 0 Å². The van der Waals surface area contributed by atoms with E-state index in [1.165, 1.54) is 71.1 Å². The topological polar surface area (TPSA) is 24.1 Å². The lowest BCUT2D eigenvalue weighted by Crippen LogP contribution is -2.31. The van der Waals surface area contributed by atoms with Gasteiger partial charge in [-0.15, -0.1) is 0 Å².